The van der Waals surface area contributed by atoms with Crippen molar-refractivity contribution in [3.8, 4) is 0 Å². The van der Waals surface area contributed by atoms with Gasteiger partial charge in [0, 0.05) is 12.2 Å². The second-order valence-corrected chi connectivity index (χ2v) is 5.07. The van der Waals surface area contributed by atoms with Crippen molar-refractivity contribution in [2.75, 3.05) is 11.9 Å². The van der Waals surface area contributed by atoms with Crippen molar-refractivity contribution in [1.82, 2.24) is 0 Å². The van der Waals surface area contributed by atoms with Crippen LogP contribution >= 0.6 is 24.0 Å². The van der Waals surface area contributed by atoms with E-state index in [1.54, 1.807) is 0 Å². The molecule has 3 nitrogen and oxygen atoms in total. The highest BCUT2D eigenvalue weighted by Crippen LogP contribution is 2.28. The van der Waals surface area contributed by atoms with E-state index < -0.39 is 0 Å². The highest BCUT2D eigenvalue weighted by Gasteiger charge is 2.20. The summed E-state index contributed by atoms with van der Waals surface area (Å²) < 4.78 is 0. The number of halogens is 1. The normalized spacial score (nSPS) is 15.4. The van der Waals surface area contributed by atoms with E-state index in [1.807, 2.05) is 12.1 Å². The Bertz CT molecular complexity index is 411. The Morgan fingerprint density at radius 3 is 2.78 bits per heavy atom. The van der Waals surface area contributed by atoms with Gasteiger partial charge in [-0.3, -0.25) is 4.99 Å². The second-order valence-electron chi connectivity index (χ2n) is 5.07. The first kappa shape index (κ1) is 15.3. The minimum Gasteiger partial charge on any atom is -0.370 e. The first-order valence-corrected chi connectivity index (χ1v) is 6.32. The van der Waals surface area contributed by atoms with Gasteiger partial charge in [-0.05, 0) is 42.4 Å². The number of guanidine groups is 1. The molecule has 0 heterocycles. The van der Waals surface area contributed by atoms with Gasteiger partial charge >= 0.3 is 0 Å². The Morgan fingerprint density at radius 1 is 1.44 bits per heavy atom. The van der Waals surface area contributed by atoms with Gasteiger partial charge in [-0.1, -0.05) is 26.0 Å². The van der Waals surface area contributed by atoms with Crippen LogP contribution in [0.1, 0.15) is 38.2 Å². The van der Waals surface area contributed by atoms with Gasteiger partial charge in [0.2, 0.25) is 0 Å². The van der Waals surface area contributed by atoms with E-state index in [0.29, 0.717) is 11.9 Å². The van der Waals surface area contributed by atoms with Gasteiger partial charge in [0.1, 0.15) is 0 Å². The molecule has 100 valence electrons. The number of hydrogen-bond acceptors (Lipinski definition) is 1. The van der Waals surface area contributed by atoms with E-state index in [4.69, 9.17) is 5.73 Å². The van der Waals surface area contributed by atoms with E-state index in [-0.39, 0.29) is 24.0 Å². The Balaban J connectivity index is 0.00000162. The van der Waals surface area contributed by atoms with Crippen LogP contribution in [-0.2, 0) is 0 Å². The summed E-state index contributed by atoms with van der Waals surface area (Å²) in [5, 5.41) is 3.15. The molecule has 18 heavy (non-hydrogen) atoms. The van der Waals surface area contributed by atoms with Crippen LogP contribution in [-0.4, -0.2) is 12.5 Å². The molecule has 0 saturated heterocycles. The highest BCUT2D eigenvalue weighted by atomic mass is 127. The van der Waals surface area contributed by atoms with Crippen LogP contribution in [0.3, 0.4) is 0 Å². The van der Waals surface area contributed by atoms with Crippen LogP contribution in [0.2, 0.25) is 0 Å². The smallest absolute Gasteiger partial charge is 0.193 e. The molecule has 0 amide bonds. The van der Waals surface area contributed by atoms with Crippen LogP contribution in [0, 0.1) is 5.92 Å². The van der Waals surface area contributed by atoms with Gasteiger partial charge in [0.05, 0.1) is 0 Å². The van der Waals surface area contributed by atoms with E-state index in [0.717, 1.165) is 18.2 Å². The highest BCUT2D eigenvalue weighted by molar-refractivity contribution is 14.0. The number of anilines is 1. The molecule has 2 rings (SSSR count). The van der Waals surface area contributed by atoms with Crippen molar-refractivity contribution < 1.29 is 0 Å². The molecule has 1 aromatic rings. The molecular formula is C14H22IN3. The molecule has 1 aliphatic rings. The predicted molar refractivity (Wildman–Crippen MR) is 88.8 cm³/mol. The number of hydrogen-bond donors (Lipinski definition) is 2. The summed E-state index contributed by atoms with van der Waals surface area (Å²) in [5.41, 5.74) is 8.18. The molecule has 0 aromatic heterocycles. The van der Waals surface area contributed by atoms with E-state index >= 15 is 0 Å². The van der Waals surface area contributed by atoms with E-state index in [9.17, 15) is 0 Å². The van der Waals surface area contributed by atoms with Gasteiger partial charge in [-0.15, -0.1) is 24.0 Å². The lowest BCUT2D eigenvalue weighted by atomic mass is 10.0. The van der Waals surface area contributed by atoms with Crippen molar-refractivity contribution in [2.24, 2.45) is 16.6 Å². The molecule has 1 fully saturated rings. The number of nitrogens with two attached hydrogens (primary N) is 1. The fourth-order valence-corrected chi connectivity index (χ4v) is 1.69. The number of nitrogens with zero attached hydrogens (tertiary/aromatic N) is 1. The molecule has 0 aliphatic heterocycles. The fourth-order valence-electron chi connectivity index (χ4n) is 1.69. The van der Waals surface area contributed by atoms with Crippen LogP contribution in [0.5, 0.6) is 0 Å². The van der Waals surface area contributed by atoms with E-state index in [2.05, 4.69) is 36.3 Å². The van der Waals surface area contributed by atoms with Crippen molar-refractivity contribution in [2.45, 2.75) is 32.6 Å². The number of aliphatic imine (C=N–C) groups is 1. The van der Waals surface area contributed by atoms with Gasteiger partial charge in [-0.25, -0.2) is 0 Å². The third-order valence-electron chi connectivity index (χ3n) is 3.04. The van der Waals surface area contributed by atoms with Crippen molar-refractivity contribution in [1.29, 1.82) is 0 Å². The molecule has 0 unspecified atom stereocenters. The van der Waals surface area contributed by atoms with Crippen molar-refractivity contribution >= 4 is 35.6 Å². The average molecular weight is 359 g/mol. The topological polar surface area (TPSA) is 50.4 Å². The Morgan fingerprint density at radius 2 is 2.17 bits per heavy atom. The maximum atomic E-state index is 5.85. The monoisotopic (exact) mass is 359 g/mol. The zero-order valence-corrected chi connectivity index (χ0v) is 13.3. The maximum absolute atomic E-state index is 5.85. The Labute approximate surface area is 126 Å². The number of rotatable bonds is 4. The predicted octanol–water partition coefficient (Wildman–Crippen LogP) is 3.56. The lowest BCUT2D eigenvalue weighted by molar-refractivity contribution is 0.846. The minimum absolute atomic E-state index is 0. The first-order chi connectivity index (χ1) is 8.15. The molecule has 1 aliphatic carbocycles. The molecule has 0 radical (unpaired) electrons. The molecule has 4 heteroatoms. The standard InChI is InChI=1S/C14H21N3.HI/c1-10(2)12-4-3-5-13(8-12)17-14(15)16-9-11-6-7-11;/h3-5,8,10-11H,6-7,9H2,1-2H3,(H3,15,16,17);1H. The summed E-state index contributed by atoms with van der Waals surface area (Å²) in [5.74, 6) is 1.83. The molecule has 1 aromatic carbocycles. The van der Waals surface area contributed by atoms with Crippen LogP contribution < -0.4 is 11.1 Å². The summed E-state index contributed by atoms with van der Waals surface area (Å²) in [7, 11) is 0. The minimum atomic E-state index is 0. The molecule has 0 spiro atoms. The van der Waals surface area contributed by atoms with Crippen molar-refractivity contribution in [3.63, 3.8) is 0 Å². The zero-order chi connectivity index (χ0) is 12.3. The molecule has 0 atom stereocenters. The summed E-state index contributed by atoms with van der Waals surface area (Å²) in [4.78, 5) is 4.34. The largest absolute Gasteiger partial charge is 0.370 e. The van der Waals surface area contributed by atoms with Gasteiger partial charge < -0.3 is 11.1 Å². The SMILES string of the molecule is CC(C)c1cccc(NC(N)=NCC2CC2)c1.I. The van der Waals surface area contributed by atoms with Crippen LogP contribution in [0.4, 0.5) is 5.69 Å². The summed E-state index contributed by atoms with van der Waals surface area (Å²) in [6.07, 6.45) is 2.61. The summed E-state index contributed by atoms with van der Waals surface area (Å²) in [6, 6.07) is 8.33. The van der Waals surface area contributed by atoms with Crippen LogP contribution in [0.15, 0.2) is 29.3 Å². The third-order valence-corrected chi connectivity index (χ3v) is 3.04. The maximum Gasteiger partial charge on any atom is 0.193 e. The lowest BCUT2D eigenvalue weighted by Crippen LogP contribution is -2.23. The summed E-state index contributed by atoms with van der Waals surface area (Å²) in [6.45, 7) is 5.23. The van der Waals surface area contributed by atoms with Crippen LogP contribution in [0.25, 0.3) is 0 Å². The third kappa shape index (κ3) is 4.84. The lowest BCUT2D eigenvalue weighted by Gasteiger charge is -2.09. The van der Waals surface area contributed by atoms with Gasteiger partial charge in [-0.2, -0.15) is 0 Å². The second kappa shape index (κ2) is 6.97. The Hall–Kier alpha value is -0.780. The molecule has 3 N–H and O–H groups in total. The zero-order valence-electron chi connectivity index (χ0n) is 11.0. The number of nitrogens with one attached hydrogen (secondary N) is 1. The number of benzene rings is 1. The van der Waals surface area contributed by atoms with Gasteiger partial charge in [0.15, 0.2) is 5.96 Å². The van der Waals surface area contributed by atoms with E-state index in [1.165, 1.54) is 18.4 Å². The fraction of sp³-hybridized carbons (Fsp3) is 0.500. The molecule has 0 bridgehead atoms. The first-order valence-electron chi connectivity index (χ1n) is 6.32. The molecule has 1 saturated carbocycles. The Kier molecular flexibility index (Phi) is 5.91. The summed E-state index contributed by atoms with van der Waals surface area (Å²) >= 11 is 0. The quantitative estimate of drug-likeness (QED) is 0.491. The van der Waals surface area contributed by atoms with Crippen molar-refractivity contribution in [3.05, 3.63) is 29.8 Å². The van der Waals surface area contributed by atoms with Gasteiger partial charge in [0.25, 0.3) is 0 Å². The molecular weight excluding hydrogens is 337 g/mol. The average Bonchev–Trinajstić information content (AvgIpc) is 3.10.